The van der Waals surface area contributed by atoms with Crippen LogP contribution in [0.5, 0.6) is 5.75 Å². The first-order chi connectivity index (χ1) is 18.6. The van der Waals surface area contributed by atoms with Crippen LogP contribution in [-0.2, 0) is 10.2 Å². The first-order valence-electron chi connectivity index (χ1n) is 11.9. The third-order valence-electron chi connectivity index (χ3n) is 6.49. The highest BCUT2D eigenvalue weighted by Crippen LogP contribution is 2.36. The third kappa shape index (κ3) is 5.67. The van der Waals surface area contributed by atoms with E-state index in [1.165, 1.54) is 54.4 Å². The van der Waals surface area contributed by atoms with E-state index in [4.69, 9.17) is 9.88 Å². The zero-order valence-electron chi connectivity index (χ0n) is 20.8. The third-order valence-corrected chi connectivity index (χ3v) is 7.15. The van der Waals surface area contributed by atoms with Crippen molar-refractivity contribution in [2.24, 2.45) is 5.14 Å². The quantitative estimate of drug-likeness (QED) is 0.317. The molecule has 39 heavy (non-hydrogen) atoms. The van der Waals surface area contributed by atoms with Crippen molar-refractivity contribution in [3.05, 3.63) is 72.2 Å². The molecule has 14 heteroatoms. The average Bonchev–Trinajstić information content (AvgIpc) is 3.37. The van der Waals surface area contributed by atoms with Crippen LogP contribution in [0.25, 0.3) is 16.8 Å². The van der Waals surface area contributed by atoms with Crippen LogP contribution in [0, 0.1) is 11.6 Å². The summed E-state index contributed by atoms with van der Waals surface area (Å²) in [6, 6.07) is 9.58. The molecule has 0 atom stereocenters. The number of hydrogen-bond donors (Lipinski definition) is 3. The summed E-state index contributed by atoms with van der Waals surface area (Å²) in [7, 11) is -2.41. The van der Waals surface area contributed by atoms with E-state index in [0.29, 0.717) is 42.8 Å². The summed E-state index contributed by atoms with van der Waals surface area (Å²) in [4.78, 5) is 15.4. The Hall–Kier alpha value is -4.14. The number of benzene rings is 2. The summed E-state index contributed by atoms with van der Waals surface area (Å²) in [5, 5.41) is 15.8. The Bertz CT molecular complexity index is 1650. The molecule has 204 valence electrons. The van der Waals surface area contributed by atoms with Crippen LogP contribution in [0.3, 0.4) is 0 Å². The molecule has 3 heterocycles. The molecule has 0 aliphatic carbocycles. The maximum absolute atomic E-state index is 14.9. The summed E-state index contributed by atoms with van der Waals surface area (Å²) >= 11 is 0. The lowest BCUT2D eigenvalue weighted by molar-refractivity contribution is 0.102. The molecule has 0 unspecified atom stereocenters. The summed E-state index contributed by atoms with van der Waals surface area (Å²) in [5.41, 5.74) is 1.67. The zero-order valence-corrected chi connectivity index (χ0v) is 21.6. The molecule has 1 saturated heterocycles. The van der Waals surface area contributed by atoms with Crippen LogP contribution in [0.4, 0.5) is 20.2 Å². The van der Waals surface area contributed by atoms with Gasteiger partial charge in [-0.15, -0.1) is 10.2 Å². The number of carbonyl (C=O) groups excluding carboxylic acids is 1. The molecule has 4 aromatic rings. The van der Waals surface area contributed by atoms with Crippen LogP contribution >= 0.6 is 0 Å². The van der Waals surface area contributed by atoms with Gasteiger partial charge in [-0.05, 0) is 49.2 Å². The Labute approximate surface area is 222 Å². The van der Waals surface area contributed by atoms with Crippen molar-refractivity contribution in [2.75, 3.05) is 30.4 Å². The van der Waals surface area contributed by atoms with Crippen molar-refractivity contribution < 1.29 is 26.7 Å². The summed E-state index contributed by atoms with van der Waals surface area (Å²) in [6.07, 6.45) is 3.82. The molecule has 2 aromatic carbocycles. The standard InChI is InChI=1S/C25H25F2N7O4S/c1-38-22-4-2-3-19(27)23(22)18-11-15(13-34-14-29-31-24(18)34)25(35)30-20-12-16(26)5-6-21(20)33-9-7-17(8-10-33)32-39(28,36)37/h2-6,11-14,17,32H,7-10H2,1H3,(H,30,35)(H2,28,36,37). The maximum Gasteiger partial charge on any atom is 0.274 e. The maximum atomic E-state index is 14.9. The van der Waals surface area contributed by atoms with E-state index in [-0.39, 0.29) is 28.6 Å². The lowest BCUT2D eigenvalue weighted by Crippen LogP contribution is -2.46. The number of nitrogens with one attached hydrogen (secondary N) is 2. The van der Waals surface area contributed by atoms with Gasteiger partial charge in [0.25, 0.3) is 16.1 Å². The Balaban J connectivity index is 1.45. The molecule has 0 bridgehead atoms. The van der Waals surface area contributed by atoms with E-state index < -0.39 is 27.8 Å². The van der Waals surface area contributed by atoms with Gasteiger partial charge in [-0.2, -0.15) is 13.1 Å². The number of nitrogens with two attached hydrogens (primary N) is 1. The lowest BCUT2D eigenvalue weighted by atomic mass is 10.0. The number of carbonyl (C=O) groups is 1. The van der Waals surface area contributed by atoms with Gasteiger partial charge in [0.15, 0.2) is 5.65 Å². The second-order valence-corrected chi connectivity index (χ2v) is 10.4. The van der Waals surface area contributed by atoms with Gasteiger partial charge >= 0.3 is 0 Å². The SMILES string of the molecule is COc1cccc(F)c1-c1cc(C(=O)Nc2cc(F)ccc2N2CCC(NS(N)(=O)=O)CC2)cn2cnnc12. The number of nitrogens with zero attached hydrogens (tertiary/aromatic N) is 4. The minimum atomic E-state index is -3.83. The van der Waals surface area contributed by atoms with Crippen LogP contribution in [0.1, 0.15) is 23.2 Å². The molecule has 4 N–H and O–H groups in total. The average molecular weight is 558 g/mol. The van der Waals surface area contributed by atoms with Crippen molar-refractivity contribution in [3.63, 3.8) is 0 Å². The molecule has 1 aliphatic rings. The molecule has 11 nitrogen and oxygen atoms in total. The van der Waals surface area contributed by atoms with E-state index in [9.17, 15) is 22.0 Å². The van der Waals surface area contributed by atoms with Crippen LogP contribution in [0.15, 0.2) is 55.0 Å². The number of methoxy groups -OCH3 is 1. The number of aromatic nitrogens is 3. The Morgan fingerprint density at radius 3 is 2.64 bits per heavy atom. The predicted octanol–water partition coefficient (Wildman–Crippen LogP) is 2.70. The van der Waals surface area contributed by atoms with Gasteiger partial charge in [-0.3, -0.25) is 9.20 Å². The van der Waals surface area contributed by atoms with Gasteiger partial charge in [0.2, 0.25) is 0 Å². The summed E-state index contributed by atoms with van der Waals surface area (Å²) < 4.78 is 61.1. The normalized spacial score (nSPS) is 14.5. The van der Waals surface area contributed by atoms with E-state index in [2.05, 4.69) is 20.2 Å². The fourth-order valence-electron chi connectivity index (χ4n) is 4.73. The van der Waals surface area contributed by atoms with Crippen molar-refractivity contribution >= 4 is 33.1 Å². The topological polar surface area (TPSA) is 144 Å². The van der Waals surface area contributed by atoms with E-state index >= 15 is 0 Å². The highest BCUT2D eigenvalue weighted by molar-refractivity contribution is 7.87. The van der Waals surface area contributed by atoms with Gasteiger partial charge in [-0.1, -0.05) is 6.07 Å². The Morgan fingerprint density at radius 2 is 1.92 bits per heavy atom. The van der Waals surface area contributed by atoms with E-state index in [1.54, 1.807) is 12.1 Å². The Kier molecular flexibility index (Phi) is 7.16. The number of piperidine rings is 1. The van der Waals surface area contributed by atoms with Crippen molar-refractivity contribution in [3.8, 4) is 16.9 Å². The molecule has 1 aliphatic heterocycles. The van der Waals surface area contributed by atoms with E-state index in [1.807, 2.05) is 4.90 Å². The predicted molar refractivity (Wildman–Crippen MR) is 141 cm³/mol. The van der Waals surface area contributed by atoms with Crippen molar-refractivity contribution in [2.45, 2.75) is 18.9 Å². The number of amides is 1. The minimum absolute atomic E-state index is 0.120. The number of ether oxygens (including phenoxy) is 1. The van der Waals surface area contributed by atoms with Crippen LogP contribution in [-0.4, -0.2) is 55.2 Å². The fraction of sp³-hybridized carbons (Fsp3) is 0.240. The molecular weight excluding hydrogens is 532 g/mol. The van der Waals surface area contributed by atoms with Gasteiger partial charge in [0.1, 0.15) is 23.7 Å². The number of hydrogen-bond acceptors (Lipinski definition) is 7. The lowest BCUT2D eigenvalue weighted by Gasteiger charge is -2.34. The monoisotopic (exact) mass is 557 g/mol. The Morgan fingerprint density at radius 1 is 1.15 bits per heavy atom. The second-order valence-electron chi connectivity index (χ2n) is 9.06. The zero-order chi connectivity index (χ0) is 27.7. The molecule has 5 rings (SSSR count). The fourth-order valence-corrected chi connectivity index (χ4v) is 5.43. The van der Waals surface area contributed by atoms with Gasteiger partial charge in [-0.25, -0.2) is 13.9 Å². The number of rotatable bonds is 7. The first kappa shape index (κ1) is 26.5. The number of fused-ring (bicyclic) bond motifs is 1. The molecule has 0 spiro atoms. The largest absolute Gasteiger partial charge is 0.496 e. The molecule has 1 fully saturated rings. The highest BCUT2D eigenvalue weighted by Gasteiger charge is 2.25. The van der Waals surface area contributed by atoms with Gasteiger partial charge in [0.05, 0.1) is 29.6 Å². The number of anilines is 2. The summed E-state index contributed by atoms with van der Waals surface area (Å²) in [5.74, 6) is -1.43. The number of pyridine rings is 1. The van der Waals surface area contributed by atoms with Crippen LogP contribution in [0.2, 0.25) is 0 Å². The minimum Gasteiger partial charge on any atom is -0.496 e. The molecular formula is C25H25F2N7O4S. The molecule has 2 aromatic heterocycles. The first-order valence-corrected chi connectivity index (χ1v) is 13.5. The summed E-state index contributed by atoms with van der Waals surface area (Å²) in [6.45, 7) is 0.900. The van der Waals surface area contributed by atoms with Gasteiger partial charge < -0.3 is 15.0 Å². The molecule has 1 amide bonds. The van der Waals surface area contributed by atoms with E-state index in [0.717, 1.165) is 0 Å². The van der Waals surface area contributed by atoms with Crippen LogP contribution < -0.4 is 24.8 Å². The highest BCUT2D eigenvalue weighted by atomic mass is 32.2. The second kappa shape index (κ2) is 10.6. The smallest absolute Gasteiger partial charge is 0.274 e. The molecule has 0 radical (unpaired) electrons. The number of halogens is 2. The van der Waals surface area contributed by atoms with Gasteiger partial charge in [0, 0.05) is 30.9 Å². The molecule has 0 saturated carbocycles. The van der Waals surface area contributed by atoms with Crippen molar-refractivity contribution in [1.29, 1.82) is 0 Å². The van der Waals surface area contributed by atoms with Crippen molar-refractivity contribution in [1.82, 2.24) is 19.3 Å².